The van der Waals surface area contributed by atoms with Crippen LogP contribution in [0.15, 0.2) is 24.3 Å². The molecule has 0 bridgehead atoms. The molecule has 1 aromatic carbocycles. The Bertz CT molecular complexity index is 318. The molecule has 14 heavy (non-hydrogen) atoms. The van der Waals surface area contributed by atoms with Gasteiger partial charge in [-0.05, 0) is 32.9 Å². The Labute approximate surface area is 84.8 Å². The molecule has 0 aliphatic carbocycles. The molecule has 2 atom stereocenters. The van der Waals surface area contributed by atoms with Crippen molar-refractivity contribution in [2.24, 2.45) is 0 Å². The molecule has 1 fully saturated rings. The van der Waals surface area contributed by atoms with Gasteiger partial charge in [0.05, 0.1) is 6.10 Å². The maximum Gasteiger partial charge on any atom is 0.125 e. The van der Waals surface area contributed by atoms with Gasteiger partial charge in [0, 0.05) is 0 Å². The number of rotatable bonds is 3. The molecule has 0 aromatic heterocycles. The van der Waals surface area contributed by atoms with Gasteiger partial charge in [0.2, 0.25) is 0 Å². The molecule has 0 saturated carbocycles. The number of aryl methyl sites for hydroxylation is 1. The quantitative estimate of drug-likeness (QED) is 0.686. The van der Waals surface area contributed by atoms with Crippen molar-refractivity contribution in [3.63, 3.8) is 0 Å². The zero-order chi connectivity index (χ0) is 10.2. The molecular formula is C12H16O2. The molecule has 2 rings (SSSR count). The number of hydrogen-bond acceptors (Lipinski definition) is 2. The molecule has 0 N–H and O–H groups in total. The largest absolute Gasteiger partial charge is 0.490 e. The topological polar surface area (TPSA) is 21.8 Å². The molecule has 76 valence electrons. The first kappa shape index (κ1) is 9.53. The van der Waals surface area contributed by atoms with E-state index in [1.165, 1.54) is 5.56 Å². The van der Waals surface area contributed by atoms with Crippen molar-refractivity contribution in [2.45, 2.75) is 32.5 Å². The molecule has 0 spiro atoms. The summed E-state index contributed by atoms with van der Waals surface area (Å²) in [7, 11) is 0. The van der Waals surface area contributed by atoms with Crippen LogP contribution < -0.4 is 4.74 Å². The van der Waals surface area contributed by atoms with Crippen molar-refractivity contribution in [1.29, 1.82) is 0 Å². The van der Waals surface area contributed by atoms with E-state index in [4.69, 9.17) is 9.47 Å². The summed E-state index contributed by atoms with van der Waals surface area (Å²) in [4.78, 5) is 0. The van der Waals surface area contributed by atoms with Crippen LogP contribution in [0, 0.1) is 6.92 Å². The van der Waals surface area contributed by atoms with E-state index >= 15 is 0 Å². The molecule has 1 aromatic rings. The fourth-order valence-corrected chi connectivity index (χ4v) is 1.38. The van der Waals surface area contributed by atoms with E-state index < -0.39 is 0 Å². The van der Waals surface area contributed by atoms with Crippen LogP contribution in [0.1, 0.15) is 19.4 Å². The predicted octanol–water partition coefficient (Wildman–Crippen LogP) is 2.55. The molecule has 1 saturated heterocycles. The summed E-state index contributed by atoms with van der Waals surface area (Å²) in [5.41, 5.74) is 1.19. The second-order valence-electron chi connectivity index (χ2n) is 4.17. The standard InChI is InChI=1S/C12H16O2/c1-9-4-6-11(7-5-9)13-8-12(3)10(2)14-12/h4-7,10H,8H2,1-3H3. The highest BCUT2D eigenvalue weighted by Gasteiger charge is 2.49. The summed E-state index contributed by atoms with van der Waals surface area (Å²) in [6.45, 7) is 6.85. The monoisotopic (exact) mass is 192 g/mol. The second kappa shape index (κ2) is 3.28. The lowest BCUT2D eigenvalue weighted by Gasteiger charge is -2.09. The first-order valence-electron chi connectivity index (χ1n) is 4.97. The maximum absolute atomic E-state index is 5.63. The zero-order valence-electron chi connectivity index (χ0n) is 8.91. The molecule has 1 aliphatic heterocycles. The van der Waals surface area contributed by atoms with Crippen LogP contribution in [-0.2, 0) is 4.74 Å². The van der Waals surface area contributed by atoms with Crippen LogP contribution in [0.25, 0.3) is 0 Å². The third kappa shape index (κ3) is 1.90. The Kier molecular flexibility index (Phi) is 2.23. The highest BCUT2D eigenvalue weighted by Crippen LogP contribution is 2.35. The first-order valence-corrected chi connectivity index (χ1v) is 4.97. The van der Waals surface area contributed by atoms with Gasteiger partial charge in [-0.1, -0.05) is 17.7 Å². The molecule has 1 heterocycles. The lowest BCUT2D eigenvalue weighted by Crippen LogP contribution is -2.19. The van der Waals surface area contributed by atoms with E-state index in [-0.39, 0.29) is 5.60 Å². The zero-order valence-corrected chi connectivity index (χ0v) is 8.91. The van der Waals surface area contributed by atoms with E-state index in [0.29, 0.717) is 12.7 Å². The van der Waals surface area contributed by atoms with Crippen LogP contribution in [0.4, 0.5) is 0 Å². The molecule has 2 nitrogen and oxygen atoms in total. The Hall–Kier alpha value is -1.02. The van der Waals surface area contributed by atoms with Crippen molar-refractivity contribution in [2.75, 3.05) is 6.61 Å². The van der Waals surface area contributed by atoms with Crippen LogP contribution in [0.2, 0.25) is 0 Å². The van der Waals surface area contributed by atoms with Gasteiger partial charge < -0.3 is 9.47 Å². The van der Waals surface area contributed by atoms with E-state index in [0.717, 1.165) is 5.75 Å². The SMILES string of the molecule is Cc1ccc(OCC2(C)OC2C)cc1. The molecular weight excluding hydrogens is 176 g/mol. The summed E-state index contributed by atoms with van der Waals surface area (Å²) in [5.74, 6) is 0.916. The van der Waals surface area contributed by atoms with Crippen molar-refractivity contribution < 1.29 is 9.47 Å². The van der Waals surface area contributed by atoms with Gasteiger partial charge in [0.15, 0.2) is 0 Å². The van der Waals surface area contributed by atoms with Gasteiger partial charge in [0.1, 0.15) is 18.0 Å². The van der Waals surface area contributed by atoms with Gasteiger partial charge >= 0.3 is 0 Å². The summed E-state index contributed by atoms with van der Waals surface area (Å²) in [6, 6.07) is 8.08. The Morgan fingerprint density at radius 3 is 2.43 bits per heavy atom. The second-order valence-corrected chi connectivity index (χ2v) is 4.17. The van der Waals surface area contributed by atoms with Crippen LogP contribution >= 0.6 is 0 Å². The highest BCUT2D eigenvalue weighted by atomic mass is 16.6. The molecule has 2 unspecified atom stereocenters. The van der Waals surface area contributed by atoms with Gasteiger partial charge in [-0.3, -0.25) is 0 Å². The first-order chi connectivity index (χ1) is 6.60. The van der Waals surface area contributed by atoms with Crippen LogP contribution in [-0.4, -0.2) is 18.3 Å². The fourth-order valence-electron chi connectivity index (χ4n) is 1.38. The summed E-state index contributed by atoms with van der Waals surface area (Å²) < 4.78 is 11.1. The maximum atomic E-state index is 5.63. The van der Waals surface area contributed by atoms with Crippen molar-refractivity contribution in [1.82, 2.24) is 0 Å². The average molecular weight is 192 g/mol. The molecule has 0 amide bonds. The number of hydrogen-bond donors (Lipinski definition) is 0. The third-order valence-electron chi connectivity index (χ3n) is 2.80. The summed E-state index contributed by atoms with van der Waals surface area (Å²) >= 11 is 0. The molecule has 0 radical (unpaired) electrons. The smallest absolute Gasteiger partial charge is 0.125 e. The van der Waals surface area contributed by atoms with Crippen LogP contribution in [0.5, 0.6) is 5.75 Å². The van der Waals surface area contributed by atoms with E-state index in [1.807, 2.05) is 12.1 Å². The third-order valence-corrected chi connectivity index (χ3v) is 2.80. The van der Waals surface area contributed by atoms with E-state index in [1.54, 1.807) is 0 Å². The minimum absolute atomic E-state index is 0.0646. The number of ether oxygens (including phenoxy) is 2. The van der Waals surface area contributed by atoms with E-state index in [2.05, 4.69) is 32.9 Å². The van der Waals surface area contributed by atoms with Crippen molar-refractivity contribution in [3.8, 4) is 5.75 Å². The minimum Gasteiger partial charge on any atom is -0.490 e. The predicted molar refractivity (Wildman–Crippen MR) is 55.6 cm³/mol. The minimum atomic E-state index is -0.0646. The Morgan fingerprint density at radius 2 is 1.93 bits per heavy atom. The van der Waals surface area contributed by atoms with Gasteiger partial charge in [-0.25, -0.2) is 0 Å². The van der Waals surface area contributed by atoms with Crippen molar-refractivity contribution in [3.05, 3.63) is 29.8 Å². The molecule has 2 heteroatoms. The average Bonchev–Trinajstić information content (AvgIpc) is 2.74. The summed E-state index contributed by atoms with van der Waals surface area (Å²) in [6.07, 6.45) is 0.327. The summed E-state index contributed by atoms with van der Waals surface area (Å²) in [5, 5.41) is 0. The van der Waals surface area contributed by atoms with Gasteiger partial charge in [-0.15, -0.1) is 0 Å². The lowest BCUT2D eigenvalue weighted by molar-refractivity contribution is 0.201. The van der Waals surface area contributed by atoms with Gasteiger partial charge in [-0.2, -0.15) is 0 Å². The lowest BCUT2D eigenvalue weighted by atomic mass is 10.1. The van der Waals surface area contributed by atoms with E-state index in [9.17, 15) is 0 Å². The van der Waals surface area contributed by atoms with Crippen LogP contribution in [0.3, 0.4) is 0 Å². The van der Waals surface area contributed by atoms with Crippen molar-refractivity contribution >= 4 is 0 Å². The number of epoxide rings is 1. The van der Waals surface area contributed by atoms with Gasteiger partial charge in [0.25, 0.3) is 0 Å². The normalized spacial score (nSPS) is 30.1. The molecule has 1 aliphatic rings. The fraction of sp³-hybridized carbons (Fsp3) is 0.500. The number of benzene rings is 1. The Morgan fingerprint density at radius 1 is 1.36 bits per heavy atom. The Balaban J connectivity index is 1.89. The highest BCUT2D eigenvalue weighted by molar-refractivity contribution is 5.26.